The molecule has 0 aliphatic rings. The lowest BCUT2D eigenvalue weighted by molar-refractivity contribution is 0.489. The molecule has 0 aliphatic carbocycles. The zero-order valence-corrected chi connectivity index (χ0v) is 13.4. The van der Waals surface area contributed by atoms with Crippen molar-refractivity contribution in [2.75, 3.05) is 0 Å². The number of benzene rings is 1. The fourth-order valence-electron chi connectivity index (χ4n) is 2.38. The van der Waals surface area contributed by atoms with E-state index in [1.807, 2.05) is 34.2 Å². The van der Waals surface area contributed by atoms with Crippen LogP contribution in [0.5, 0.6) is 0 Å². The summed E-state index contributed by atoms with van der Waals surface area (Å²) in [6.07, 6.45) is 3.28. The third kappa shape index (κ3) is 2.96. The first-order valence-electron chi connectivity index (χ1n) is 7.34. The number of aromatic nitrogens is 1. The minimum absolute atomic E-state index is 0.278. The average molecular weight is 340 g/mol. The van der Waals surface area contributed by atoms with Gasteiger partial charge in [-0.3, -0.25) is 0 Å². The highest BCUT2D eigenvalue weighted by molar-refractivity contribution is 7.07. The van der Waals surface area contributed by atoms with Gasteiger partial charge in [-0.1, -0.05) is 0 Å². The van der Waals surface area contributed by atoms with Crippen LogP contribution in [-0.2, 0) is 6.54 Å². The lowest BCUT2D eigenvalue weighted by Gasteiger charge is -2.05. The Morgan fingerprint density at radius 3 is 2.50 bits per heavy atom. The van der Waals surface area contributed by atoms with Crippen molar-refractivity contribution in [3.05, 3.63) is 82.8 Å². The Labute approximate surface area is 141 Å². The van der Waals surface area contributed by atoms with Crippen LogP contribution in [0.25, 0.3) is 11.5 Å². The monoisotopic (exact) mass is 340 g/mol. The van der Waals surface area contributed by atoms with Crippen molar-refractivity contribution >= 4 is 17.0 Å². The van der Waals surface area contributed by atoms with E-state index < -0.39 is 0 Å². The SMILES string of the molecule is Fc1ccc(N=c2scc(-c3ccco3)n2Cc2ccco2)cc1. The summed E-state index contributed by atoms with van der Waals surface area (Å²) in [6, 6.07) is 13.6. The second-order valence-corrected chi connectivity index (χ2v) is 5.97. The van der Waals surface area contributed by atoms with Gasteiger partial charge in [0.15, 0.2) is 10.6 Å². The van der Waals surface area contributed by atoms with E-state index in [2.05, 4.69) is 4.99 Å². The van der Waals surface area contributed by atoms with Crippen LogP contribution in [0.1, 0.15) is 5.76 Å². The summed E-state index contributed by atoms with van der Waals surface area (Å²) >= 11 is 1.50. The number of thiazole rings is 1. The molecule has 0 spiro atoms. The van der Waals surface area contributed by atoms with E-state index in [-0.39, 0.29) is 5.82 Å². The molecule has 0 saturated heterocycles. The van der Waals surface area contributed by atoms with E-state index in [1.165, 1.54) is 23.5 Å². The third-order valence-corrected chi connectivity index (χ3v) is 4.38. The van der Waals surface area contributed by atoms with Crippen LogP contribution in [0, 0.1) is 5.82 Å². The molecule has 0 unspecified atom stereocenters. The zero-order chi connectivity index (χ0) is 16.4. The molecule has 4 aromatic rings. The zero-order valence-electron chi connectivity index (χ0n) is 12.6. The normalized spacial score (nSPS) is 12.0. The smallest absolute Gasteiger partial charge is 0.190 e. The lowest BCUT2D eigenvalue weighted by Crippen LogP contribution is -2.16. The summed E-state index contributed by atoms with van der Waals surface area (Å²) in [7, 11) is 0. The Bertz CT molecular complexity index is 981. The van der Waals surface area contributed by atoms with E-state index >= 15 is 0 Å². The molecule has 24 heavy (non-hydrogen) atoms. The van der Waals surface area contributed by atoms with E-state index in [0.29, 0.717) is 12.2 Å². The quantitative estimate of drug-likeness (QED) is 0.534. The molecule has 0 radical (unpaired) electrons. The molecule has 0 amide bonds. The summed E-state index contributed by atoms with van der Waals surface area (Å²) in [5.74, 6) is 1.31. The fourth-order valence-corrected chi connectivity index (χ4v) is 3.29. The van der Waals surface area contributed by atoms with E-state index in [1.54, 1.807) is 24.7 Å². The van der Waals surface area contributed by atoms with Gasteiger partial charge in [-0.2, -0.15) is 0 Å². The van der Waals surface area contributed by atoms with Crippen molar-refractivity contribution in [3.63, 3.8) is 0 Å². The van der Waals surface area contributed by atoms with E-state index in [9.17, 15) is 4.39 Å². The average Bonchev–Trinajstić information content (AvgIpc) is 3.33. The Hall–Kier alpha value is -2.86. The summed E-state index contributed by atoms with van der Waals surface area (Å²) in [5, 5.41) is 1.99. The number of halogens is 1. The molecule has 0 bridgehead atoms. The van der Waals surface area contributed by atoms with E-state index in [0.717, 1.165) is 22.0 Å². The summed E-state index contributed by atoms with van der Waals surface area (Å²) in [4.78, 5) is 5.41. The fraction of sp³-hybridized carbons (Fsp3) is 0.0556. The minimum atomic E-state index is -0.278. The molecule has 3 aromatic heterocycles. The molecule has 0 aliphatic heterocycles. The summed E-state index contributed by atoms with van der Waals surface area (Å²) < 4.78 is 26.1. The predicted molar refractivity (Wildman–Crippen MR) is 89.4 cm³/mol. The van der Waals surface area contributed by atoms with Gasteiger partial charge in [0, 0.05) is 5.38 Å². The van der Waals surface area contributed by atoms with Crippen LogP contribution in [0.4, 0.5) is 10.1 Å². The van der Waals surface area contributed by atoms with Gasteiger partial charge >= 0.3 is 0 Å². The van der Waals surface area contributed by atoms with Gasteiger partial charge in [0.05, 0.1) is 30.5 Å². The van der Waals surface area contributed by atoms with Gasteiger partial charge in [-0.25, -0.2) is 9.38 Å². The highest BCUT2D eigenvalue weighted by Crippen LogP contribution is 2.22. The molecule has 0 atom stereocenters. The Balaban J connectivity index is 1.83. The van der Waals surface area contributed by atoms with Crippen LogP contribution < -0.4 is 4.80 Å². The molecule has 0 fully saturated rings. The highest BCUT2D eigenvalue weighted by atomic mass is 32.1. The molecular formula is C18H13FN2O2S. The number of hydrogen-bond acceptors (Lipinski definition) is 4. The highest BCUT2D eigenvalue weighted by Gasteiger charge is 2.12. The van der Waals surface area contributed by atoms with E-state index in [4.69, 9.17) is 8.83 Å². The van der Waals surface area contributed by atoms with Crippen LogP contribution in [0.15, 0.2) is 80.3 Å². The van der Waals surface area contributed by atoms with Crippen molar-refractivity contribution in [3.8, 4) is 11.5 Å². The number of nitrogens with zero attached hydrogens (tertiary/aromatic N) is 2. The van der Waals surface area contributed by atoms with Gasteiger partial charge in [0.2, 0.25) is 0 Å². The van der Waals surface area contributed by atoms with Crippen molar-refractivity contribution < 1.29 is 13.2 Å². The Morgan fingerprint density at radius 1 is 1.00 bits per heavy atom. The van der Waals surface area contributed by atoms with Gasteiger partial charge in [-0.05, 0) is 48.5 Å². The topological polar surface area (TPSA) is 43.6 Å². The van der Waals surface area contributed by atoms with Crippen molar-refractivity contribution in [1.82, 2.24) is 4.57 Å². The number of hydrogen-bond donors (Lipinski definition) is 0. The van der Waals surface area contributed by atoms with Crippen LogP contribution in [0.3, 0.4) is 0 Å². The Morgan fingerprint density at radius 2 is 1.79 bits per heavy atom. The van der Waals surface area contributed by atoms with Gasteiger partial charge in [0.1, 0.15) is 11.6 Å². The molecule has 0 saturated carbocycles. The molecule has 1 aromatic carbocycles. The largest absolute Gasteiger partial charge is 0.467 e. The van der Waals surface area contributed by atoms with Crippen molar-refractivity contribution in [1.29, 1.82) is 0 Å². The van der Waals surface area contributed by atoms with Gasteiger partial charge in [0.25, 0.3) is 0 Å². The maximum atomic E-state index is 13.1. The van der Waals surface area contributed by atoms with Gasteiger partial charge < -0.3 is 13.4 Å². The van der Waals surface area contributed by atoms with Crippen LogP contribution >= 0.6 is 11.3 Å². The molecule has 6 heteroatoms. The summed E-state index contributed by atoms with van der Waals surface area (Å²) in [5.41, 5.74) is 1.61. The maximum absolute atomic E-state index is 13.1. The van der Waals surface area contributed by atoms with Gasteiger partial charge in [-0.15, -0.1) is 11.3 Å². The summed E-state index contributed by atoms with van der Waals surface area (Å²) in [6.45, 7) is 0.534. The molecule has 0 N–H and O–H groups in total. The lowest BCUT2D eigenvalue weighted by atomic mass is 10.3. The van der Waals surface area contributed by atoms with Crippen LogP contribution in [-0.4, -0.2) is 4.57 Å². The molecular weight excluding hydrogens is 327 g/mol. The number of furan rings is 2. The molecule has 3 heterocycles. The minimum Gasteiger partial charge on any atom is -0.467 e. The van der Waals surface area contributed by atoms with Crippen LogP contribution in [0.2, 0.25) is 0 Å². The predicted octanol–water partition coefficient (Wildman–Crippen LogP) is 4.82. The standard InChI is InChI=1S/C18H13FN2O2S/c19-13-5-7-14(8-6-13)20-18-21(11-15-3-1-9-22-15)16(12-24-18)17-4-2-10-23-17/h1-10,12H,11H2. The second kappa shape index (κ2) is 6.33. The molecule has 4 nitrogen and oxygen atoms in total. The second-order valence-electron chi connectivity index (χ2n) is 5.13. The maximum Gasteiger partial charge on any atom is 0.190 e. The third-order valence-electron chi connectivity index (χ3n) is 3.52. The first kappa shape index (κ1) is 14.7. The molecule has 120 valence electrons. The van der Waals surface area contributed by atoms with Crippen molar-refractivity contribution in [2.45, 2.75) is 6.54 Å². The van der Waals surface area contributed by atoms with Crippen molar-refractivity contribution in [2.24, 2.45) is 4.99 Å². The molecule has 4 rings (SSSR count). The Kier molecular flexibility index (Phi) is 3.88. The number of rotatable bonds is 4. The first-order valence-corrected chi connectivity index (χ1v) is 8.22. The first-order chi connectivity index (χ1) is 11.8.